The van der Waals surface area contributed by atoms with Crippen LogP contribution in [-0.2, 0) is 11.3 Å². The number of carboxylic acid groups (broad SMARTS) is 1. The van der Waals surface area contributed by atoms with Crippen molar-refractivity contribution in [3.8, 4) is 0 Å². The number of rotatable bonds is 7. The SMILES string of the molecule is O=C(O)CN(C(=O)NCCCn1ccnc1)C1CC1. The summed E-state index contributed by atoms with van der Waals surface area (Å²) in [5.41, 5.74) is 0. The minimum atomic E-state index is -0.972. The van der Waals surface area contributed by atoms with Crippen molar-refractivity contribution in [1.29, 1.82) is 0 Å². The molecule has 0 spiro atoms. The number of urea groups is 1. The molecule has 0 bridgehead atoms. The number of aryl methyl sites for hydroxylation is 1. The lowest BCUT2D eigenvalue weighted by Crippen LogP contribution is -2.44. The molecule has 1 aromatic heterocycles. The molecule has 0 aliphatic heterocycles. The lowest BCUT2D eigenvalue weighted by Gasteiger charge is -2.20. The molecule has 0 radical (unpaired) electrons. The summed E-state index contributed by atoms with van der Waals surface area (Å²) in [6.07, 6.45) is 7.88. The highest BCUT2D eigenvalue weighted by Crippen LogP contribution is 2.26. The first-order valence-corrected chi connectivity index (χ1v) is 6.39. The number of nitrogens with zero attached hydrogens (tertiary/aromatic N) is 3. The maximum absolute atomic E-state index is 11.9. The third-order valence-corrected chi connectivity index (χ3v) is 2.98. The van der Waals surface area contributed by atoms with E-state index >= 15 is 0 Å². The van der Waals surface area contributed by atoms with E-state index in [-0.39, 0.29) is 18.6 Å². The fourth-order valence-corrected chi connectivity index (χ4v) is 1.88. The minimum Gasteiger partial charge on any atom is -0.480 e. The van der Waals surface area contributed by atoms with Crippen molar-refractivity contribution in [2.75, 3.05) is 13.1 Å². The van der Waals surface area contributed by atoms with Gasteiger partial charge in [0.25, 0.3) is 0 Å². The topological polar surface area (TPSA) is 87.5 Å². The molecule has 0 atom stereocenters. The summed E-state index contributed by atoms with van der Waals surface area (Å²) in [4.78, 5) is 27.9. The number of hydrogen-bond donors (Lipinski definition) is 2. The molecule has 1 saturated carbocycles. The van der Waals surface area contributed by atoms with Gasteiger partial charge < -0.3 is 19.9 Å². The van der Waals surface area contributed by atoms with Crippen LogP contribution in [0.3, 0.4) is 0 Å². The Morgan fingerprint density at radius 1 is 1.47 bits per heavy atom. The second-order valence-electron chi connectivity index (χ2n) is 4.64. The molecule has 1 heterocycles. The summed E-state index contributed by atoms with van der Waals surface area (Å²) in [6, 6.07) is -0.180. The van der Waals surface area contributed by atoms with Gasteiger partial charge in [-0.25, -0.2) is 9.78 Å². The zero-order chi connectivity index (χ0) is 13.7. The van der Waals surface area contributed by atoms with Gasteiger partial charge in [0.15, 0.2) is 0 Å². The summed E-state index contributed by atoms with van der Waals surface area (Å²) in [7, 11) is 0. The number of amides is 2. The average Bonchev–Trinajstić information content (AvgIpc) is 3.08. The first kappa shape index (κ1) is 13.4. The summed E-state index contributed by atoms with van der Waals surface area (Å²) < 4.78 is 1.93. The zero-order valence-electron chi connectivity index (χ0n) is 10.7. The highest BCUT2D eigenvalue weighted by Gasteiger charge is 2.33. The molecule has 0 unspecified atom stereocenters. The maximum atomic E-state index is 11.9. The highest BCUT2D eigenvalue weighted by molar-refractivity contribution is 5.80. The molecule has 7 nitrogen and oxygen atoms in total. The molecule has 0 aromatic carbocycles. The van der Waals surface area contributed by atoms with Crippen LogP contribution in [0.1, 0.15) is 19.3 Å². The van der Waals surface area contributed by atoms with Gasteiger partial charge in [0, 0.05) is 31.5 Å². The number of aromatic nitrogens is 2. The monoisotopic (exact) mass is 266 g/mol. The Balaban J connectivity index is 1.68. The minimum absolute atomic E-state index is 0.102. The zero-order valence-corrected chi connectivity index (χ0v) is 10.7. The first-order chi connectivity index (χ1) is 9.16. The van der Waals surface area contributed by atoms with Gasteiger partial charge in [0.2, 0.25) is 0 Å². The number of carbonyl (C=O) groups excluding carboxylic acids is 1. The van der Waals surface area contributed by atoms with Crippen molar-refractivity contribution in [3.63, 3.8) is 0 Å². The summed E-state index contributed by atoms with van der Waals surface area (Å²) in [6.45, 7) is 1.08. The van der Waals surface area contributed by atoms with Gasteiger partial charge >= 0.3 is 12.0 Å². The number of aliphatic carboxylic acids is 1. The fraction of sp³-hybridized carbons (Fsp3) is 0.583. The van der Waals surface area contributed by atoms with Crippen molar-refractivity contribution >= 4 is 12.0 Å². The molecule has 2 N–H and O–H groups in total. The van der Waals surface area contributed by atoms with E-state index in [0.717, 1.165) is 25.8 Å². The predicted molar refractivity (Wildman–Crippen MR) is 67.6 cm³/mol. The van der Waals surface area contributed by atoms with Gasteiger partial charge in [0.05, 0.1) is 6.33 Å². The fourth-order valence-electron chi connectivity index (χ4n) is 1.88. The number of imidazole rings is 1. The quantitative estimate of drug-likeness (QED) is 0.705. The van der Waals surface area contributed by atoms with E-state index in [1.54, 1.807) is 12.5 Å². The molecule has 7 heteroatoms. The van der Waals surface area contributed by atoms with Gasteiger partial charge in [0.1, 0.15) is 6.54 Å². The van der Waals surface area contributed by atoms with Crippen LogP contribution in [0, 0.1) is 0 Å². The lowest BCUT2D eigenvalue weighted by molar-refractivity contribution is -0.137. The lowest BCUT2D eigenvalue weighted by atomic mass is 10.4. The normalized spacial score (nSPS) is 14.1. The predicted octanol–water partition coefficient (Wildman–Crippen LogP) is 0.532. The van der Waals surface area contributed by atoms with E-state index in [0.29, 0.717) is 6.54 Å². The Bertz CT molecular complexity index is 428. The maximum Gasteiger partial charge on any atom is 0.323 e. The average molecular weight is 266 g/mol. The number of carboxylic acids is 1. The van der Waals surface area contributed by atoms with Gasteiger partial charge in [-0.3, -0.25) is 4.79 Å². The Labute approximate surface area is 111 Å². The van der Waals surface area contributed by atoms with Crippen LogP contribution >= 0.6 is 0 Å². The molecule has 104 valence electrons. The van der Waals surface area contributed by atoms with E-state index in [2.05, 4.69) is 10.3 Å². The number of carbonyl (C=O) groups is 2. The summed E-state index contributed by atoms with van der Waals surface area (Å²) >= 11 is 0. The summed E-state index contributed by atoms with van der Waals surface area (Å²) in [5, 5.41) is 11.5. The molecule has 2 amide bonds. The van der Waals surface area contributed by atoms with Crippen molar-refractivity contribution in [2.24, 2.45) is 0 Å². The van der Waals surface area contributed by atoms with E-state index < -0.39 is 5.97 Å². The van der Waals surface area contributed by atoms with Crippen LogP contribution in [0.15, 0.2) is 18.7 Å². The Morgan fingerprint density at radius 3 is 2.84 bits per heavy atom. The molecule has 1 aliphatic carbocycles. The highest BCUT2D eigenvalue weighted by atomic mass is 16.4. The van der Waals surface area contributed by atoms with Gasteiger partial charge in [-0.2, -0.15) is 0 Å². The van der Waals surface area contributed by atoms with Gasteiger partial charge in [-0.15, -0.1) is 0 Å². The van der Waals surface area contributed by atoms with Crippen LogP contribution in [0.25, 0.3) is 0 Å². The molecule has 1 fully saturated rings. The third-order valence-electron chi connectivity index (χ3n) is 2.98. The first-order valence-electron chi connectivity index (χ1n) is 6.39. The molecular weight excluding hydrogens is 248 g/mol. The van der Waals surface area contributed by atoms with Gasteiger partial charge in [-0.05, 0) is 19.3 Å². The molecule has 2 rings (SSSR count). The largest absolute Gasteiger partial charge is 0.480 e. The number of nitrogens with one attached hydrogen (secondary N) is 1. The van der Waals surface area contributed by atoms with Crippen LogP contribution in [-0.4, -0.2) is 50.7 Å². The smallest absolute Gasteiger partial charge is 0.323 e. The van der Waals surface area contributed by atoms with Crippen LogP contribution in [0.2, 0.25) is 0 Å². The van der Waals surface area contributed by atoms with E-state index in [9.17, 15) is 9.59 Å². The Kier molecular flexibility index (Phi) is 4.38. The van der Waals surface area contributed by atoms with E-state index in [4.69, 9.17) is 5.11 Å². The molecule has 0 saturated heterocycles. The third kappa shape index (κ3) is 4.27. The van der Waals surface area contributed by atoms with E-state index in [1.807, 2.05) is 10.8 Å². The molecule has 1 aromatic rings. The molecular formula is C12H18N4O3. The summed E-state index contributed by atoms with van der Waals surface area (Å²) in [5.74, 6) is -0.972. The molecule has 19 heavy (non-hydrogen) atoms. The van der Waals surface area contributed by atoms with Crippen LogP contribution in [0.5, 0.6) is 0 Å². The van der Waals surface area contributed by atoms with Crippen molar-refractivity contribution in [2.45, 2.75) is 31.8 Å². The van der Waals surface area contributed by atoms with Crippen molar-refractivity contribution < 1.29 is 14.7 Å². The van der Waals surface area contributed by atoms with Crippen LogP contribution < -0.4 is 5.32 Å². The van der Waals surface area contributed by atoms with Crippen molar-refractivity contribution in [3.05, 3.63) is 18.7 Å². The second-order valence-corrected chi connectivity index (χ2v) is 4.64. The molecule has 1 aliphatic rings. The second kappa shape index (κ2) is 6.21. The van der Waals surface area contributed by atoms with Gasteiger partial charge in [-0.1, -0.05) is 0 Å². The number of hydrogen-bond acceptors (Lipinski definition) is 3. The Morgan fingerprint density at radius 2 is 2.26 bits per heavy atom. The standard InChI is InChI=1S/C12H18N4O3/c17-11(18)8-16(10-2-3-10)12(19)14-4-1-6-15-7-5-13-9-15/h5,7,9-10H,1-4,6,8H2,(H,14,19)(H,17,18). The van der Waals surface area contributed by atoms with Crippen molar-refractivity contribution in [1.82, 2.24) is 19.8 Å². The Hall–Kier alpha value is -2.05. The van der Waals surface area contributed by atoms with E-state index in [1.165, 1.54) is 4.90 Å². The van der Waals surface area contributed by atoms with Crippen LogP contribution in [0.4, 0.5) is 4.79 Å².